The highest BCUT2D eigenvalue weighted by Gasteiger charge is 2.29. The number of nitrogens with zero attached hydrogens (tertiary/aromatic N) is 4. The van der Waals surface area contributed by atoms with Gasteiger partial charge in [-0.15, -0.1) is 0 Å². The topological polar surface area (TPSA) is 365 Å². The molecule has 0 radical (unpaired) electrons. The van der Waals surface area contributed by atoms with Gasteiger partial charge < -0.3 is 66.6 Å². The van der Waals surface area contributed by atoms with Gasteiger partial charge in [-0.2, -0.15) is 0 Å². The molecule has 1 aliphatic rings. The van der Waals surface area contributed by atoms with Gasteiger partial charge in [-0.25, -0.2) is 0 Å². The quantitative estimate of drug-likeness (QED) is 0.0318. The van der Waals surface area contributed by atoms with Crippen molar-refractivity contribution in [3.05, 3.63) is 36.0 Å². The number of nitrogens with one attached hydrogen (secondary N) is 5. The zero-order chi connectivity index (χ0) is 52.0. The van der Waals surface area contributed by atoms with Gasteiger partial charge in [0.2, 0.25) is 29.5 Å². The first kappa shape index (κ1) is 59.0. The number of carbonyl (C=O) groups is 9. The highest BCUT2D eigenvalue weighted by Crippen LogP contribution is 2.19. The molecule has 1 aromatic heterocycles. The Kier molecular flexibility index (Phi) is 27.7. The van der Waals surface area contributed by atoms with Crippen LogP contribution in [0.3, 0.4) is 0 Å². The molecule has 26 nitrogen and oxygen atoms in total. The van der Waals surface area contributed by atoms with Crippen molar-refractivity contribution in [2.45, 2.75) is 50.6 Å². The molecule has 1 saturated heterocycles. The van der Waals surface area contributed by atoms with Crippen LogP contribution in [-0.4, -0.2) is 242 Å². The van der Waals surface area contributed by atoms with Gasteiger partial charge in [-0.3, -0.25) is 62.8 Å². The summed E-state index contributed by atoms with van der Waals surface area (Å²) in [6, 6.07) is 4.60. The van der Waals surface area contributed by atoms with E-state index in [4.69, 9.17) is 19.9 Å². The molecule has 0 unspecified atom stereocenters. The Balaban J connectivity index is 1.22. The number of fused-ring (bicyclic) bond motifs is 1. The highest BCUT2D eigenvalue weighted by molar-refractivity contribution is 5.95. The van der Waals surface area contributed by atoms with Gasteiger partial charge in [-0.1, -0.05) is 18.2 Å². The Hall–Kier alpha value is -6.29. The largest absolute Gasteiger partial charge is 0.481 e. The number of rotatable bonds is 33. The van der Waals surface area contributed by atoms with Crippen molar-refractivity contribution in [1.29, 1.82) is 0 Å². The fourth-order valence-corrected chi connectivity index (χ4v) is 7.37. The summed E-state index contributed by atoms with van der Waals surface area (Å²) in [6.45, 7) is 4.17. The van der Waals surface area contributed by atoms with Crippen molar-refractivity contribution < 1.29 is 77.8 Å². The van der Waals surface area contributed by atoms with E-state index in [0.29, 0.717) is 90.8 Å². The Labute approximate surface area is 410 Å². The molecular formula is C45H70N10O16. The summed E-state index contributed by atoms with van der Waals surface area (Å²) < 4.78 is 16.6. The van der Waals surface area contributed by atoms with Gasteiger partial charge in [0.15, 0.2) is 0 Å². The molecule has 0 spiro atoms. The molecular weight excluding hydrogens is 937 g/mol. The lowest BCUT2D eigenvalue weighted by molar-refractivity contribution is -0.141. The third-order valence-electron chi connectivity index (χ3n) is 11.1. The second-order valence-electron chi connectivity index (χ2n) is 16.8. The summed E-state index contributed by atoms with van der Waals surface area (Å²) in [5.74, 6) is -7.66. The van der Waals surface area contributed by atoms with E-state index in [1.54, 1.807) is 20.9 Å². The standard InChI is InChI=1S/C45H70N10O16/c46-44(67)35(25-32-27-49-34-6-2-1-5-33(32)34)51-45(68)36(26-40(59)60)50-38(57)8-7-37(56)47-9-3-19-69-21-23-71-24-22-70-20-4-10-48-39(58)28-52-11-13-53(29-41(61)62)15-17-55(31-43(65)66)18-16-54(14-12-52)30-42(63)64/h1-2,5-6,27,35-36,49H,3-4,7-26,28-31H2,(H2,46,67)(H,47,56)(H,48,58)(H,50,57)(H,51,68)(H,59,60)(H,61,62)(H,63,64)(H,65,66)/t35-,36+/m0/s1. The summed E-state index contributed by atoms with van der Waals surface area (Å²) >= 11 is 0. The fraction of sp³-hybridized carbons (Fsp3) is 0.622. The number of hydrogen-bond donors (Lipinski definition) is 10. The predicted octanol–water partition coefficient (Wildman–Crippen LogP) is -3.04. The maximum absolute atomic E-state index is 13.0. The number of amides is 5. The van der Waals surface area contributed by atoms with Crippen LogP contribution in [0.2, 0.25) is 0 Å². The molecule has 11 N–H and O–H groups in total. The van der Waals surface area contributed by atoms with Crippen molar-refractivity contribution in [3.8, 4) is 0 Å². The summed E-state index contributed by atoms with van der Waals surface area (Å²) in [6.07, 6.45) is 1.40. The third kappa shape index (κ3) is 25.9. The smallest absolute Gasteiger partial charge is 0.317 e. The first-order chi connectivity index (χ1) is 34.0. The lowest BCUT2D eigenvalue weighted by Gasteiger charge is -2.32. The number of nitrogens with two attached hydrogens (primary N) is 1. The minimum absolute atomic E-state index is 0.0140. The Morgan fingerprint density at radius 1 is 0.563 bits per heavy atom. The summed E-state index contributed by atoms with van der Waals surface area (Å²) in [4.78, 5) is 119. The predicted molar refractivity (Wildman–Crippen MR) is 253 cm³/mol. The monoisotopic (exact) mass is 1010 g/mol. The van der Waals surface area contributed by atoms with Gasteiger partial charge >= 0.3 is 23.9 Å². The van der Waals surface area contributed by atoms with Gasteiger partial charge in [-0.05, 0) is 24.5 Å². The molecule has 396 valence electrons. The van der Waals surface area contributed by atoms with Crippen molar-refractivity contribution in [2.75, 3.05) is 131 Å². The molecule has 26 heteroatoms. The van der Waals surface area contributed by atoms with Crippen LogP contribution < -0.4 is 27.0 Å². The van der Waals surface area contributed by atoms with Crippen LogP contribution in [-0.2, 0) is 63.8 Å². The van der Waals surface area contributed by atoms with Gasteiger partial charge in [0, 0.05) is 115 Å². The molecule has 1 aromatic carbocycles. The summed E-state index contributed by atoms with van der Waals surface area (Å²) in [5.41, 5.74) is 7.05. The Morgan fingerprint density at radius 2 is 1.01 bits per heavy atom. The number of H-pyrrole nitrogens is 1. The van der Waals surface area contributed by atoms with E-state index >= 15 is 0 Å². The molecule has 1 fully saturated rings. The second kappa shape index (κ2) is 33.3. The molecule has 0 aliphatic carbocycles. The maximum atomic E-state index is 13.0. The van der Waals surface area contributed by atoms with Crippen LogP contribution in [0.15, 0.2) is 30.5 Å². The SMILES string of the molecule is NC(=O)[C@H](Cc1c[nH]c2ccccc12)NC(=O)[C@@H](CC(=O)O)NC(=O)CCC(=O)NCCCOCCOCCOCCCNC(=O)CN1CCN(CC(=O)O)CCN(CC(=O)O)CCN(CC(=O)O)CC1. The zero-order valence-corrected chi connectivity index (χ0v) is 40.0. The number of primary amides is 1. The third-order valence-corrected chi connectivity index (χ3v) is 11.1. The first-order valence-electron chi connectivity index (χ1n) is 23.5. The molecule has 3 rings (SSSR count). The molecule has 0 bridgehead atoms. The van der Waals surface area contributed by atoms with Crippen LogP contribution in [0.5, 0.6) is 0 Å². The number of aliphatic carboxylic acids is 4. The van der Waals surface area contributed by atoms with Crippen molar-refractivity contribution >= 4 is 64.3 Å². The molecule has 1 aliphatic heterocycles. The van der Waals surface area contributed by atoms with E-state index in [1.807, 2.05) is 29.2 Å². The number of aromatic amines is 1. The Morgan fingerprint density at radius 3 is 1.49 bits per heavy atom. The highest BCUT2D eigenvalue weighted by atomic mass is 16.5. The minimum Gasteiger partial charge on any atom is -0.481 e. The molecule has 2 atom stereocenters. The van der Waals surface area contributed by atoms with E-state index in [9.17, 15) is 63.6 Å². The molecule has 2 heterocycles. The van der Waals surface area contributed by atoms with E-state index < -0.39 is 66.0 Å². The van der Waals surface area contributed by atoms with Crippen molar-refractivity contribution in [2.24, 2.45) is 5.73 Å². The fourth-order valence-electron chi connectivity index (χ4n) is 7.37. The number of hydrogen-bond acceptors (Lipinski definition) is 16. The normalized spacial score (nSPS) is 15.4. The number of ether oxygens (including phenoxy) is 3. The van der Waals surface area contributed by atoms with Crippen molar-refractivity contribution in [1.82, 2.24) is 45.9 Å². The first-order valence-corrected chi connectivity index (χ1v) is 23.5. The lowest BCUT2D eigenvalue weighted by atomic mass is 10.0. The van der Waals surface area contributed by atoms with E-state index in [2.05, 4.69) is 26.3 Å². The number of carboxylic acids is 4. The summed E-state index contributed by atoms with van der Waals surface area (Å²) in [5, 5.41) is 48.6. The van der Waals surface area contributed by atoms with Crippen LogP contribution in [0, 0.1) is 0 Å². The number of benzene rings is 1. The lowest BCUT2D eigenvalue weighted by Crippen LogP contribution is -2.54. The van der Waals surface area contributed by atoms with Gasteiger partial charge in [0.05, 0.1) is 59.0 Å². The van der Waals surface area contributed by atoms with Crippen LogP contribution in [0.4, 0.5) is 0 Å². The molecule has 0 saturated carbocycles. The maximum Gasteiger partial charge on any atom is 0.317 e. The zero-order valence-electron chi connectivity index (χ0n) is 40.0. The molecule has 5 amide bonds. The van der Waals surface area contributed by atoms with E-state index in [1.165, 1.54) is 0 Å². The van der Waals surface area contributed by atoms with Gasteiger partial charge in [0.25, 0.3) is 0 Å². The average Bonchev–Trinajstić information content (AvgIpc) is 3.71. The van der Waals surface area contributed by atoms with Gasteiger partial charge in [0.1, 0.15) is 12.1 Å². The number of aromatic nitrogens is 1. The minimum atomic E-state index is -1.52. The number of carboxylic acid groups (broad SMARTS) is 4. The van der Waals surface area contributed by atoms with Crippen LogP contribution in [0.25, 0.3) is 10.9 Å². The van der Waals surface area contributed by atoms with Crippen LogP contribution >= 0.6 is 0 Å². The van der Waals surface area contributed by atoms with E-state index in [-0.39, 0.29) is 84.1 Å². The van der Waals surface area contributed by atoms with Crippen molar-refractivity contribution in [3.63, 3.8) is 0 Å². The average molecular weight is 1010 g/mol. The summed E-state index contributed by atoms with van der Waals surface area (Å²) in [7, 11) is 0. The second-order valence-corrected chi connectivity index (χ2v) is 16.8. The van der Waals surface area contributed by atoms with E-state index in [0.717, 1.165) is 10.9 Å². The molecule has 71 heavy (non-hydrogen) atoms. The van der Waals surface area contributed by atoms with Crippen LogP contribution in [0.1, 0.15) is 37.7 Å². The molecule has 2 aromatic rings. The number of carbonyl (C=O) groups excluding carboxylic acids is 5. The number of para-hydroxylation sites is 1. The Bertz CT molecular complexity index is 2010.